The number of allylic oxidation sites excluding steroid dienone is 4. The fraction of sp³-hybridized carbons (Fsp3) is 0.789. The van der Waals surface area contributed by atoms with E-state index in [1.807, 2.05) is 5.57 Å². The molecule has 2 aliphatic carbocycles. The van der Waals surface area contributed by atoms with Crippen LogP contribution in [0.2, 0.25) is 0 Å². The van der Waals surface area contributed by atoms with Gasteiger partial charge in [0.15, 0.2) is 0 Å². The summed E-state index contributed by atoms with van der Waals surface area (Å²) >= 11 is 0. The molecule has 0 heteroatoms. The first-order valence-corrected chi connectivity index (χ1v) is 8.50. The van der Waals surface area contributed by atoms with Gasteiger partial charge in [-0.2, -0.15) is 0 Å². The van der Waals surface area contributed by atoms with Crippen LogP contribution in [0.3, 0.4) is 0 Å². The Morgan fingerprint density at radius 1 is 1.11 bits per heavy atom. The van der Waals surface area contributed by atoms with Crippen molar-refractivity contribution in [2.45, 2.75) is 72.6 Å². The van der Waals surface area contributed by atoms with E-state index in [1.165, 1.54) is 44.9 Å². The van der Waals surface area contributed by atoms with E-state index in [4.69, 9.17) is 0 Å². The van der Waals surface area contributed by atoms with E-state index in [1.54, 1.807) is 5.57 Å². The molecule has 0 heterocycles. The minimum atomic E-state index is 0.741. The van der Waals surface area contributed by atoms with E-state index < -0.39 is 0 Å². The summed E-state index contributed by atoms with van der Waals surface area (Å²) in [5.41, 5.74) is 3.56. The van der Waals surface area contributed by atoms with Gasteiger partial charge in [-0.15, -0.1) is 0 Å². The molecule has 0 saturated carbocycles. The van der Waals surface area contributed by atoms with E-state index in [9.17, 15) is 0 Å². The average molecular weight is 260 g/mol. The Bertz CT molecular complexity index is 343. The van der Waals surface area contributed by atoms with Gasteiger partial charge in [0, 0.05) is 5.92 Å². The Morgan fingerprint density at radius 3 is 2.58 bits per heavy atom. The molecule has 2 rings (SSSR count). The van der Waals surface area contributed by atoms with Crippen LogP contribution >= 0.6 is 0 Å². The van der Waals surface area contributed by atoms with Crippen LogP contribution in [0.25, 0.3) is 0 Å². The van der Waals surface area contributed by atoms with Crippen molar-refractivity contribution in [1.29, 1.82) is 0 Å². The second kappa shape index (κ2) is 6.77. The van der Waals surface area contributed by atoms with Crippen LogP contribution in [-0.4, -0.2) is 0 Å². The Kier molecular flexibility index (Phi) is 5.30. The summed E-state index contributed by atoms with van der Waals surface area (Å²) in [4.78, 5) is 0. The van der Waals surface area contributed by atoms with Crippen LogP contribution in [-0.2, 0) is 0 Å². The van der Waals surface area contributed by atoms with Gasteiger partial charge < -0.3 is 0 Å². The Morgan fingerprint density at radius 2 is 1.89 bits per heavy atom. The van der Waals surface area contributed by atoms with E-state index in [0.717, 1.165) is 23.7 Å². The largest absolute Gasteiger partial charge is 0.0768 e. The van der Waals surface area contributed by atoms with E-state index in [0.29, 0.717) is 0 Å². The number of hydrogen-bond acceptors (Lipinski definition) is 0. The third-order valence-electron chi connectivity index (χ3n) is 4.98. The van der Waals surface area contributed by atoms with Crippen molar-refractivity contribution in [1.82, 2.24) is 0 Å². The zero-order valence-corrected chi connectivity index (χ0v) is 13.4. The van der Waals surface area contributed by atoms with Gasteiger partial charge in [-0.25, -0.2) is 0 Å². The summed E-state index contributed by atoms with van der Waals surface area (Å²) < 4.78 is 0. The molecule has 0 nitrogen and oxygen atoms in total. The molecule has 108 valence electrons. The van der Waals surface area contributed by atoms with Crippen molar-refractivity contribution >= 4 is 0 Å². The van der Waals surface area contributed by atoms with Gasteiger partial charge in [-0.3, -0.25) is 0 Å². The fourth-order valence-corrected chi connectivity index (χ4v) is 3.85. The van der Waals surface area contributed by atoms with Crippen LogP contribution in [0.5, 0.6) is 0 Å². The summed E-state index contributed by atoms with van der Waals surface area (Å²) in [6, 6.07) is 0. The van der Waals surface area contributed by atoms with E-state index in [-0.39, 0.29) is 0 Å². The van der Waals surface area contributed by atoms with Gasteiger partial charge in [-0.05, 0) is 49.0 Å². The number of hydrogen-bond donors (Lipinski definition) is 0. The smallest absolute Gasteiger partial charge is 0.00116 e. The minimum Gasteiger partial charge on any atom is -0.0768 e. The molecule has 2 unspecified atom stereocenters. The SMILES string of the molecule is CC(C)CCC1CCCCCC2=C1C(C(C)C)C=C2. The lowest BCUT2D eigenvalue weighted by Gasteiger charge is -2.29. The Labute approximate surface area is 120 Å². The Balaban J connectivity index is 2.17. The normalized spacial score (nSPS) is 27.9. The predicted octanol–water partition coefficient (Wildman–Crippen LogP) is 6.14. The van der Waals surface area contributed by atoms with Crippen molar-refractivity contribution < 1.29 is 0 Å². The first kappa shape index (κ1) is 14.9. The summed E-state index contributed by atoms with van der Waals surface area (Å²) in [5, 5.41) is 0. The van der Waals surface area contributed by atoms with E-state index in [2.05, 4.69) is 39.8 Å². The third-order valence-corrected chi connectivity index (χ3v) is 4.98. The summed E-state index contributed by atoms with van der Waals surface area (Å²) in [6.45, 7) is 9.52. The first-order chi connectivity index (χ1) is 9.09. The molecule has 0 radical (unpaired) electrons. The van der Waals surface area contributed by atoms with Gasteiger partial charge in [0.1, 0.15) is 0 Å². The van der Waals surface area contributed by atoms with Crippen molar-refractivity contribution in [3.8, 4) is 0 Å². The highest BCUT2D eigenvalue weighted by Gasteiger charge is 2.29. The van der Waals surface area contributed by atoms with Gasteiger partial charge in [-0.1, -0.05) is 64.7 Å². The summed E-state index contributed by atoms with van der Waals surface area (Å²) in [5.74, 6) is 3.23. The molecule has 0 spiro atoms. The lowest BCUT2D eigenvalue weighted by Crippen LogP contribution is -2.17. The molecule has 0 amide bonds. The zero-order valence-electron chi connectivity index (χ0n) is 13.4. The second-order valence-electron chi connectivity index (χ2n) is 7.38. The quantitative estimate of drug-likeness (QED) is 0.569. The number of rotatable bonds is 4. The maximum atomic E-state index is 2.50. The minimum absolute atomic E-state index is 0.741. The molecular formula is C19H32. The highest BCUT2D eigenvalue weighted by Crippen LogP contribution is 2.43. The molecule has 2 atom stereocenters. The monoisotopic (exact) mass is 260 g/mol. The van der Waals surface area contributed by atoms with Gasteiger partial charge >= 0.3 is 0 Å². The van der Waals surface area contributed by atoms with Crippen LogP contribution in [0.4, 0.5) is 0 Å². The molecule has 0 saturated heterocycles. The van der Waals surface area contributed by atoms with Crippen molar-refractivity contribution in [2.24, 2.45) is 23.7 Å². The van der Waals surface area contributed by atoms with Crippen LogP contribution < -0.4 is 0 Å². The van der Waals surface area contributed by atoms with E-state index >= 15 is 0 Å². The first-order valence-electron chi connectivity index (χ1n) is 8.50. The topological polar surface area (TPSA) is 0 Å². The molecule has 2 aliphatic rings. The molecule has 0 fully saturated rings. The molecule has 0 N–H and O–H groups in total. The molecule has 0 aromatic rings. The Hall–Kier alpha value is -0.520. The highest BCUT2D eigenvalue weighted by molar-refractivity contribution is 5.39. The molecule has 0 aromatic heterocycles. The predicted molar refractivity (Wildman–Crippen MR) is 85.1 cm³/mol. The standard InChI is InChI=1S/C19H32/c1-14(2)10-11-16-8-6-5-7-9-17-12-13-18(15(3)4)19(16)17/h12-16,18H,5-11H2,1-4H3. The van der Waals surface area contributed by atoms with Crippen molar-refractivity contribution in [3.05, 3.63) is 23.3 Å². The molecule has 0 aromatic carbocycles. The third kappa shape index (κ3) is 3.74. The summed E-state index contributed by atoms with van der Waals surface area (Å²) in [6.07, 6.45) is 14.9. The molecule has 0 bridgehead atoms. The van der Waals surface area contributed by atoms with Gasteiger partial charge in [0.2, 0.25) is 0 Å². The average Bonchev–Trinajstić information content (AvgIpc) is 2.71. The fourth-order valence-electron chi connectivity index (χ4n) is 3.85. The van der Waals surface area contributed by atoms with Crippen LogP contribution in [0.15, 0.2) is 23.3 Å². The van der Waals surface area contributed by atoms with Crippen LogP contribution in [0, 0.1) is 23.7 Å². The van der Waals surface area contributed by atoms with Gasteiger partial charge in [0.05, 0.1) is 0 Å². The second-order valence-corrected chi connectivity index (χ2v) is 7.38. The maximum absolute atomic E-state index is 2.50. The lowest BCUT2D eigenvalue weighted by atomic mass is 9.75. The lowest BCUT2D eigenvalue weighted by molar-refractivity contribution is 0.377. The molecule has 0 aliphatic heterocycles. The van der Waals surface area contributed by atoms with Crippen molar-refractivity contribution in [2.75, 3.05) is 0 Å². The molecular weight excluding hydrogens is 228 g/mol. The maximum Gasteiger partial charge on any atom is 0.00116 e. The zero-order chi connectivity index (χ0) is 13.8. The van der Waals surface area contributed by atoms with Gasteiger partial charge in [0.25, 0.3) is 0 Å². The highest BCUT2D eigenvalue weighted by atomic mass is 14.3. The molecule has 19 heavy (non-hydrogen) atoms. The van der Waals surface area contributed by atoms with Crippen LogP contribution in [0.1, 0.15) is 72.6 Å². The van der Waals surface area contributed by atoms with Crippen molar-refractivity contribution in [3.63, 3.8) is 0 Å². The summed E-state index contributed by atoms with van der Waals surface area (Å²) in [7, 11) is 0.